The van der Waals surface area contributed by atoms with E-state index in [0.29, 0.717) is 25.1 Å². The van der Waals surface area contributed by atoms with Crippen molar-refractivity contribution < 1.29 is 14.3 Å². The van der Waals surface area contributed by atoms with E-state index in [-0.39, 0.29) is 11.9 Å². The zero-order valence-corrected chi connectivity index (χ0v) is 17.0. The summed E-state index contributed by atoms with van der Waals surface area (Å²) in [5.41, 5.74) is 0.850. The first kappa shape index (κ1) is 20.2. The molecule has 2 fully saturated rings. The van der Waals surface area contributed by atoms with Crippen molar-refractivity contribution >= 4 is 12.0 Å². The Hall–Kier alpha value is -2.55. The summed E-state index contributed by atoms with van der Waals surface area (Å²) < 4.78 is 5.54. The Morgan fingerprint density at radius 3 is 2.57 bits per heavy atom. The van der Waals surface area contributed by atoms with Gasteiger partial charge >= 0.3 is 6.09 Å². The van der Waals surface area contributed by atoms with Crippen LogP contribution in [-0.4, -0.2) is 46.0 Å². The Kier molecular flexibility index (Phi) is 5.93. The number of rotatable bonds is 4. The molecule has 1 atom stereocenters. The summed E-state index contributed by atoms with van der Waals surface area (Å²) in [5, 5.41) is 9.37. The first-order chi connectivity index (χ1) is 13.3. The molecule has 1 aliphatic heterocycles. The van der Waals surface area contributed by atoms with Crippen molar-refractivity contribution in [1.82, 2.24) is 9.80 Å². The normalized spacial score (nSPS) is 19.6. The third-order valence-electron chi connectivity index (χ3n) is 5.17. The van der Waals surface area contributed by atoms with E-state index in [2.05, 4.69) is 6.07 Å². The minimum absolute atomic E-state index is 0.0270. The molecule has 1 unspecified atom stereocenters. The van der Waals surface area contributed by atoms with Crippen molar-refractivity contribution in [3.8, 4) is 6.07 Å². The molecule has 1 saturated carbocycles. The molecule has 1 aromatic carbocycles. The molecule has 6 nitrogen and oxygen atoms in total. The van der Waals surface area contributed by atoms with Gasteiger partial charge in [0.15, 0.2) is 0 Å². The van der Waals surface area contributed by atoms with Crippen LogP contribution < -0.4 is 0 Å². The van der Waals surface area contributed by atoms with Gasteiger partial charge in [0.2, 0.25) is 5.91 Å². The summed E-state index contributed by atoms with van der Waals surface area (Å²) in [7, 11) is 0. The van der Waals surface area contributed by atoms with E-state index in [1.54, 1.807) is 11.0 Å². The predicted octanol–water partition coefficient (Wildman–Crippen LogP) is 3.84. The minimum Gasteiger partial charge on any atom is -0.444 e. The van der Waals surface area contributed by atoms with Gasteiger partial charge in [0.25, 0.3) is 0 Å². The Labute approximate surface area is 167 Å². The Morgan fingerprint density at radius 1 is 1.21 bits per heavy atom. The lowest BCUT2D eigenvalue weighted by Crippen LogP contribution is -2.54. The molecule has 0 spiro atoms. The van der Waals surface area contributed by atoms with Crippen molar-refractivity contribution in [2.75, 3.05) is 6.54 Å². The van der Waals surface area contributed by atoms with E-state index in [1.807, 2.05) is 43.9 Å². The van der Waals surface area contributed by atoms with Crippen molar-refractivity contribution in [3.63, 3.8) is 0 Å². The number of carbonyl (C=O) groups excluding carboxylic acids is 2. The van der Waals surface area contributed by atoms with Crippen LogP contribution in [0.2, 0.25) is 0 Å². The average molecular weight is 383 g/mol. The van der Waals surface area contributed by atoms with Gasteiger partial charge in [-0.05, 0) is 64.5 Å². The maximum atomic E-state index is 13.5. The summed E-state index contributed by atoms with van der Waals surface area (Å²) in [4.78, 5) is 29.6. The topological polar surface area (TPSA) is 73.6 Å². The Balaban J connectivity index is 1.79. The van der Waals surface area contributed by atoms with E-state index >= 15 is 0 Å². The molecule has 2 aliphatic rings. The van der Waals surface area contributed by atoms with Gasteiger partial charge in [-0.1, -0.05) is 18.2 Å². The van der Waals surface area contributed by atoms with Gasteiger partial charge in [-0.15, -0.1) is 0 Å². The largest absolute Gasteiger partial charge is 0.444 e. The van der Waals surface area contributed by atoms with E-state index in [1.165, 1.54) is 0 Å². The van der Waals surface area contributed by atoms with Crippen LogP contribution in [0.25, 0.3) is 0 Å². The van der Waals surface area contributed by atoms with Crippen LogP contribution in [0.1, 0.15) is 64.0 Å². The van der Waals surface area contributed by atoms with Crippen molar-refractivity contribution in [1.29, 1.82) is 5.26 Å². The maximum absolute atomic E-state index is 13.5. The molecule has 2 amide bonds. The van der Waals surface area contributed by atoms with E-state index < -0.39 is 17.7 Å². The Bertz CT molecular complexity index is 774. The first-order valence-corrected chi connectivity index (χ1v) is 10.1. The lowest BCUT2D eigenvalue weighted by molar-refractivity contribution is -0.139. The highest BCUT2D eigenvalue weighted by molar-refractivity contribution is 5.86. The molecule has 0 radical (unpaired) electrons. The predicted molar refractivity (Wildman–Crippen MR) is 105 cm³/mol. The van der Waals surface area contributed by atoms with E-state index in [0.717, 1.165) is 31.2 Å². The highest BCUT2D eigenvalue weighted by Gasteiger charge is 2.41. The SMILES string of the molecule is CC(C)(C)OC(=O)N1CCCCC1C(=O)N(Cc1ccccc1C#N)C1CC1. The van der Waals surface area contributed by atoms with Gasteiger partial charge in [-0.3, -0.25) is 9.69 Å². The number of likely N-dealkylation sites (tertiary alicyclic amines) is 1. The quantitative estimate of drug-likeness (QED) is 0.792. The number of hydrogen-bond donors (Lipinski definition) is 0. The summed E-state index contributed by atoms with van der Waals surface area (Å²) in [6, 6.07) is 9.31. The standard InChI is InChI=1S/C22H29N3O3/c1-22(2,3)28-21(27)24-13-7-6-10-19(24)20(26)25(18-11-12-18)15-17-9-5-4-8-16(17)14-23/h4-5,8-9,18-19H,6-7,10-13,15H2,1-3H3. The molecular formula is C22H29N3O3. The number of amides is 2. The number of hydrogen-bond acceptors (Lipinski definition) is 4. The van der Waals surface area contributed by atoms with Crippen LogP contribution >= 0.6 is 0 Å². The van der Waals surface area contributed by atoms with Gasteiger partial charge in [0, 0.05) is 19.1 Å². The number of piperidine rings is 1. The minimum atomic E-state index is -0.593. The van der Waals surface area contributed by atoms with Crippen LogP contribution in [0.15, 0.2) is 24.3 Å². The lowest BCUT2D eigenvalue weighted by Gasteiger charge is -2.38. The average Bonchev–Trinajstić information content (AvgIpc) is 3.49. The fourth-order valence-electron chi connectivity index (χ4n) is 3.64. The summed E-state index contributed by atoms with van der Waals surface area (Å²) in [6.45, 7) is 6.45. The number of benzene rings is 1. The van der Waals surface area contributed by atoms with E-state index in [4.69, 9.17) is 4.74 Å². The van der Waals surface area contributed by atoms with Crippen molar-refractivity contribution in [3.05, 3.63) is 35.4 Å². The molecule has 6 heteroatoms. The van der Waals surface area contributed by atoms with Gasteiger partial charge in [-0.25, -0.2) is 4.79 Å². The highest BCUT2D eigenvalue weighted by Crippen LogP contribution is 2.32. The molecule has 1 saturated heterocycles. The molecule has 150 valence electrons. The van der Waals surface area contributed by atoms with Gasteiger partial charge in [0.05, 0.1) is 11.6 Å². The second-order valence-electron chi connectivity index (χ2n) is 8.65. The molecule has 3 rings (SSSR count). The molecule has 0 N–H and O–H groups in total. The molecular weight excluding hydrogens is 354 g/mol. The number of ether oxygens (including phenoxy) is 1. The van der Waals surface area contributed by atoms with E-state index in [9.17, 15) is 14.9 Å². The van der Waals surface area contributed by atoms with Gasteiger partial charge in [0.1, 0.15) is 11.6 Å². The third-order valence-corrected chi connectivity index (χ3v) is 5.17. The monoisotopic (exact) mass is 383 g/mol. The van der Waals surface area contributed by atoms with Crippen molar-refractivity contribution in [2.24, 2.45) is 0 Å². The smallest absolute Gasteiger partial charge is 0.410 e. The Morgan fingerprint density at radius 2 is 1.93 bits per heavy atom. The number of nitrogens with zero attached hydrogens (tertiary/aromatic N) is 3. The maximum Gasteiger partial charge on any atom is 0.410 e. The fraction of sp³-hybridized carbons (Fsp3) is 0.591. The van der Waals surface area contributed by atoms with Crippen LogP contribution in [0.5, 0.6) is 0 Å². The van der Waals surface area contributed by atoms with Crippen molar-refractivity contribution in [2.45, 2.75) is 77.1 Å². The first-order valence-electron chi connectivity index (χ1n) is 10.1. The van der Waals surface area contributed by atoms with Crippen LogP contribution in [0.4, 0.5) is 4.79 Å². The lowest BCUT2D eigenvalue weighted by atomic mass is 10.0. The zero-order chi connectivity index (χ0) is 20.3. The second kappa shape index (κ2) is 8.22. The third kappa shape index (κ3) is 4.83. The van der Waals surface area contributed by atoms with Crippen LogP contribution in [0.3, 0.4) is 0 Å². The molecule has 0 aromatic heterocycles. The molecule has 1 aliphatic carbocycles. The van der Waals surface area contributed by atoms with Gasteiger partial charge < -0.3 is 9.64 Å². The van der Waals surface area contributed by atoms with Gasteiger partial charge in [-0.2, -0.15) is 5.26 Å². The molecule has 0 bridgehead atoms. The second-order valence-corrected chi connectivity index (χ2v) is 8.65. The number of carbonyl (C=O) groups is 2. The summed E-state index contributed by atoms with van der Waals surface area (Å²) >= 11 is 0. The molecule has 28 heavy (non-hydrogen) atoms. The fourth-order valence-corrected chi connectivity index (χ4v) is 3.64. The summed E-state index contributed by atoms with van der Waals surface area (Å²) in [6.07, 6.45) is 3.98. The van der Waals surface area contributed by atoms with Crippen LogP contribution in [0, 0.1) is 11.3 Å². The number of nitriles is 1. The molecule has 1 heterocycles. The summed E-state index contributed by atoms with van der Waals surface area (Å²) in [5.74, 6) is -0.0270. The van der Waals surface area contributed by atoms with Crippen LogP contribution in [-0.2, 0) is 16.1 Å². The highest BCUT2D eigenvalue weighted by atomic mass is 16.6. The zero-order valence-electron chi connectivity index (χ0n) is 17.0. The molecule has 1 aromatic rings.